The number of carbonyl (C=O) groups is 2. The van der Waals surface area contributed by atoms with Crippen molar-refractivity contribution >= 4 is 55.9 Å². The summed E-state index contributed by atoms with van der Waals surface area (Å²) < 4.78 is 1.64. The number of aromatic nitrogens is 3. The number of amides is 2. The zero-order chi connectivity index (χ0) is 22.0. The summed E-state index contributed by atoms with van der Waals surface area (Å²) in [5.74, 6) is -0.456. The molecule has 1 saturated heterocycles. The van der Waals surface area contributed by atoms with Gasteiger partial charge in [-0.1, -0.05) is 29.0 Å². The van der Waals surface area contributed by atoms with Gasteiger partial charge in [-0.25, -0.2) is 4.98 Å². The fourth-order valence-corrected chi connectivity index (χ4v) is 4.77. The number of nitrogens with zero attached hydrogens (tertiary/aromatic N) is 4. The van der Waals surface area contributed by atoms with Gasteiger partial charge in [-0.15, -0.1) is 0 Å². The molecule has 2 N–H and O–H groups in total. The van der Waals surface area contributed by atoms with Crippen molar-refractivity contribution in [1.82, 2.24) is 19.9 Å². The number of rotatable bonds is 5. The third kappa shape index (κ3) is 4.70. The Kier molecular flexibility index (Phi) is 6.19. The number of nitrogens with one attached hydrogen (secondary N) is 2. The van der Waals surface area contributed by atoms with Crippen LogP contribution in [0.3, 0.4) is 0 Å². The standard InChI is InChI=1S/C20H21ClN6O3S/c1-22-18(29)12-4-3-7-26(9-12)20-25-17-16(31-20)19(30)27(11-23-17)10-15(28)24-14-6-2-5-13(21)8-14/h2,5-6,8,11-12H,3-4,7,9-10H2,1H3,(H,22,29)(H,24,28)/t12-/m0/s1. The van der Waals surface area contributed by atoms with Gasteiger partial charge in [-0.3, -0.25) is 19.0 Å². The lowest BCUT2D eigenvalue weighted by atomic mass is 9.98. The van der Waals surface area contributed by atoms with Gasteiger partial charge in [-0.2, -0.15) is 4.98 Å². The molecule has 0 radical (unpaired) electrons. The maximum atomic E-state index is 12.9. The van der Waals surface area contributed by atoms with Crippen molar-refractivity contribution in [2.45, 2.75) is 19.4 Å². The molecule has 3 aromatic rings. The fraction of sp³-hybridized carbons (Fsp3) is 0.350. The normalized spacial score (nSPS) is 16.3. The molecule has 1 fully saturated rings. The minimum atomic E-state index is -0.361. The van der Waals surface area contributed by atoms with Crippen molar-refractivity contribution in [3.05, 3.63) is 46.0 Å². The van der Waals surface area contributed by atoms with Crippen LogP contribution in [-0.2, 0) is 16.1 Å². The van der Waals surface area contributed by atoms with E-state index in [1.807, 2.05) is 4.90 Å². The molecule has 9 nitrogen and oxygen atoms in total. The van der Waals surface area contributed by atoms with Gasteiger partial charge in [0.25, 0.3) is 5.56 Å². The van der Waals surface area contributed by atoms with Crippen molar-refractivity contribution < 1.29 is 9.59 Å². The molecule has 4 rings (SSSR count). The van der Waals surface area contributed by atoms with E-state index >= 15 is 0 Å². The van der Waals surface area contributed by atoms with Gasteiger partial charge in [0.2, 0.25) is 11.8 Å². The second-order valence-corrected chi connectivity index (χ2v) is 8.70. The first kappa shape index (κ1) is 21.3. The number of hydrogen-bond donors (Lipinski definition) is 2. The Morgan fingerprint density at radius 3 is 2.97 bits per heavy atom. The molecule has 2 aromatic heterocycles. The van der Waals surface area contributed by atoms with Crippen molar-refractivity contribution in [2.24, 2.45) is 5.92 Å². The molecule has 0 unspecified atom stereocenters. The van der Waals surface area contributed by atoms with Gasteiger partial charge in [0, 0.05) is 30.8 Å². The minimum absolute atomic E-state index is 0.0111. The van der Waals surface area contributed by atoms with Crippen LogP contribution in [-0.4, -0.2) is 46.5 Å². The van der Waals surface area contributed by atoms with Gasteiger partial charge in [0.15, 0.2) is 10.8 Å². The van der Waals surface area contributed by atoms with Crippen LogP contribution in [0.15, 0.2) is 35.4 Å². The molecular formula is C20H21ClN6O3S. The number of carbonyl (C=O) groups excluding carboxylic acids is 2. The molecule has 0 spiro atoms. The summed E-state index contributed by atoms with van der Waals surface area (Å²) in [4.78, 5) is 48.0. The van der Waals surface area contributed by atoms with E-state index in [0.717, 1.165) is 19.4 Å². The SMILES string of the molecule is CNC(=O)[C@H]1CCCN(c2nc3ncn(CC(=O)Nc4cccc(Cl)c4)c(=O)c3s2)C1. The maximum absolute atomic E-state index is 12.9. The predicted octanol–water partition coefficient (Wildman–Crippen LogP) is 2.11. The average molecular weight is 461 g/mol. The van der Waals surface area contributed by atoms with Crippen molar-refractivity contribution in [3.63, 3.8) is 0 Å². The molecule has 0 bridgehead atoms. The molecule has 0 aliphatic carbocycles. The van der Waals surface area contributed by atoms with Crippen LogP contribution < -0.4 is 21.1 Å². The lowest BCUT2D eigenvalue weighted by molar-refractivity contribution is -0.124. The zero-order valence-electron chi connectivity index (χ0n) is 16.8. The Morgan fingerprint density at radius 1 is 1.35 bits per heavy atom. The van der Waals surface area contributed by atoms with Crippen LogP contribution in [0.4, 0.5) is 10.8 Å². The number of piperidine rings is 1. The van der Waals surface area contributed by atoms with Crippen LogP contribution in [0, 0.1) is 5.92 Å². The summed E-state index contributed by atoms with van der Waals surface area (Å²) in [5, 5.41) is 6.58. The first-order chi connectivity index (χ1) is 14.9. The summed E-state index contributed by atoms with van der Waals surface area (Å²) in [6.07, 6.45) is 3.03. The van der Waals surface area contributed by atoms with Crippen LogP contribution >= 0.6 is 22.9 Å². The summed E-state index contributed by atoms with van der Waals surface area (Å²) in [6.45, 7) is 1.14. The van der Waals surface area contributed by atoms with Crippen molar-refractivity contribution in [2.75, 3.05) is 30.4 Å². The molecule has 1 atom stereocenters. The molecule has 3 heterocycles. The number of fused-ring (bicyclic) bond motifs is 1. The van der Waals surface area contributed by atoms with Gasteiger partial charge < -0.3 is 15.5 Å². The van der Waals surface area contributed by atoms with Crippen LogP contribution in [0.2, 0.25) is 5.02 Å². The summed E-state index contributed by atoms with van der Waals surface area (Å²) in [6, 6.07) is 6.78. The number of benzene rings is 1. The Morgan fingerprint density at radius 2 is 2.19 bits per heavy atom. The van der Waals surface area contributed by atoms with Crippen molar-refractivity contribution in [1.29, 1.82) is 0 Å². The van der Waals surface area contributed by atoms with E-state index in [2.05, 4.69) is 20.6 Å². The molecule has 162 valence electrons. The molecule has 0 saturated carbocycles. The second-order valence-electron chi connectivity index (χ2n) is 7.28. The minimum Gasteiger partial charge on any atom is -0.359 e. The highest BCUT2D eigenvalue weighted by Gasteiger charge is 2.27. The van der Waals surface area contributed by atoms with E-state index in [1.54, 1.807) is 31.3 Å². The van der Waals surface area contributed by atoms with E-state index in [9.17, 15) is 14.4 Å². The Hall–Kier alpha value is -2.98. The van der Waals surface area contributed by atoms with Gasteiger partial charge in [0.05, 0.1) is 5.92 Å². The van der Waals surface area contributed by atoms with Gasteiger partial charge >= 0.3 is 0 Å². The van der Waals surface area contributed by atoms with E-state index in [1.165, 1.54) is 22.2 Å². The lowest BCUT2D eigenvalue weighted by Gasteiger charge is -2.31. The Bertz CT molecular complexity index is 1190. The topological polar surface area (TPSA) is 109 Å². The predicted molar refractivity (Wildman–Crippen MR) is 121 cm³/mol. The summed E-state index contributed by atoms with van der Waals surface area (Å²) >= 11 is 7.17. The number of halogens is 1. The number of hydrogen-bond acceptors (Lipinski definition) is 7. The molecule has 1 aliphatic heterocycles. The first-order valence-electron chi connectivity index (χ1n) is 9.82. The monoisotopic (exact) mass is 460 g/mol. The Balaban J connectivity index is 1.52. The first-order valence-corrected chi connectivity index (χ1v) is 11.0. The highest BCUT2D eigenvalue weighted by atomic mass is 35.5. The molecule has 1 aliphatic rings. The molecule has 11 heteroatoms. The zero-order valence-corrected chi connectivity index (χ0v) is 18.4. The second kappa shape index (κ2) is 9.03. The Labute approximate surface area is 187 Å². The van der Waals surface area contributed by atoms with Crippen LogP contribution in [0.5, 0.6) is 0 Å². The van der Waals surface area contributed by atoms with E-state index < -0.39 is 0 Å². The third-order valence-corrected chi connectivity index (χ3v) is 6.43. The summed E-state index contributed by atoms with van der Waals surface area (Å²) in [5.41, 5.74) is 0.573. The maximum Gasteiger partial charge on any atom is 0.273 e. The number of anilines is 2. The van der Waals surface area contributed by atoms with E-state index in [0.29, 0.717) is 32.7 Å². The molecular weight excluding hydrogens is 440 g/mol. The van der Waals surface area contributed by atoms with Crippen LogP contribution in [0.25, 0.3) is 10.3 Å². The van der Waals surface area contributed by atoms with E-state index in [-0.39, 0.29) is 29.8 Å². The molecule has 2 amide bonds. The third-order valence-electron chi connectivity index (χ3n) is 5.10. The fourth-order valence-electron chi connectivity index (χ4n) is 3.57. The smallest absolute Gasteiger partial charge is 0.273 e. The quantitative estimate of drug-likeness (QED) is 0.603. The van der Waals surface area contributed by atoms with Gasteiger partial charge in [-0.05, 0) is 31.0 Å². The average Bonchev–Trinajstić information content (AvgIpc) is 3.20. The summed E-state index contributed by atoms with van der Waals surface area (Å²) in [7, 11) is 1.63. The van der Waals surface area contributed by atoms with Crippen molar-refractivity contribution in [3.8, 4) is 0 Å². The highest BCUT2D eigenvalue weighted by molar-refractivity contribution is 7.22. The van der Waals surface area contributed by atoms with Crippen LogP contribution in [0.1, 0.15) is 12.8 Å². The molecule has 1 aromatic carbocycles. The van der Waals surface area contributed by atoms with E-state index in [4.69, 9.17) is 11.6 Å². The largest absolute Gasteiger partial charge is 0.359 e. The van der Waals surface area contributed by atoms with Gasteiger partial charge in [0.1, 0.15) is 17.6 Å². The lowest BCUT2D eigenvalue weighted by Crippen LogP contribution is -2.42. The molecule has 31 heavy (non-hydrogen) atoms. The number of thiazole rings is 1. The highest BCUT2D eigenvalue weighted by Crippen LogP contribution is 2.29.